The van der Waals surface area contributed by atoms with Crippen molar-refractivity contribution in [3.8, 4) is 0 Å². The van der Waals surface area contributed by atoms with E-state index < -0.39 is 0 Å². The standard InChI is InChI=1S/C21H38N2/c1-5-8-9-10-11-12-13-14-17-22-21-16-15-20(18-19(21)4)23(6-2)7-3/h15-16,18,22H,5-14,17H2,1-4H3. The summed E-state index contributed by atoms with van der Waals surface area (Å²) in [6.07, 6.45) is 11.0. The molecule has 1 N–H and O–H groups in total. The second-order valence-electron chi connectivity index (χ2n) is 6.57. The molecule has 1 aromatic rings. The van der Waals surface area contributed by atoms with E-state index in [1.54, 1.807) is 0 Å². The molecule has 0 aliphatic carbocycles. The molecule has 0 saturated carbocycles. The largest absolute Gasteiger partial charge is 0.385 e. The van der Waals surface area contributed by atoms with Gasteiger partial charge in [0.25, 0.3) is 0 Å². The predicted molar refractivity (Wildman–Crippen MR) is 106 cm³/mol. The van der Waals surface area contributed by atoms with Crippen LogP contribution in [0.25, 0.3) is 0 Å². The minimum absolute atomic E-state index is 1.07. The van der Waals surface area contributed by atoms with E-state index in [0.717, 1.165) is 19.6 Å². The predicted octanol–water partition coefficient (Wildman–Crippen LogP) is 6.39. The normalized spacial score (nSPS) is 10.8. The molecule has 0 aliphatic rings. The molecule has 23 heavy (non-hydrogen) atoms. The number of rotatable bonds is 13. The summed E-state index contributed by atoms with van der Waals surface area (Å²) in [7, 11) is 0. The number of unbranched alkanes of at least 4 members (excludes halogenated alkanes) is 7. The van der Waals surface area contributed by atoms with Crippen molar-refractivity contribution in [2.24, 2.45) is 0 Å². The van der Waals surface area contributed by atoms with Gasteiger partial charge in [0.1, 0.15) is 0 Å². The van der Waals surface area contributed by atoms with E-state index >= 15 is 0 Å². The average Bonchev–Trinajstić information content (AvgIpc) is 2.56. The van der Waals surface area contributed by atoms with Crippen LogP contribution in [-0.4, -0.2) is 19.6 Å². The van der Waals surface area contributed by atoms with Crippen molar-refractivity contribution in [3.63, 3.8) is 0 Å². The van der Waals surface area contributed by atoms with Gasteiger partial charge in [0.05, 0.1) is 0 Å². The lowest BCUT2D eigenvalue weighted by molar-refractivity contribution is 0.581. The Kier molecular flexibility index (Phi) is 10.6. The minimum atomic E-state index is 1.07. The molecule has 2 nitrogen and oxygen atoms in total. The summed E-state index contributed by atoms with van der Waals surface area (Å²) in [5.41, 5.74) is 3.99. The SMILES string of the molecule is CCCCCCCCCCNc1ccc(N(CC)CC)cc1C. The van der Waals surface area contributed by atoms with E-state index in [1.807, 2.05) is 0 Å². The summed E-state index contributed by atoms with van der Waals surface area (Å²) >= 11 is 0. The molecule has 0 spiro atoms. The molecule has 0 aromatic heterocycles. The first-order chi connectivity index (χ1) is 11.2. The number of nitrogens with one attached hydrogen (secondary N) is 1. The fourth-order valence-corrected chi connectivity index (χ4v) is 3.11. The molecule has 2 heteroatoms. The Hall–Kier alpha value is -1.18. The van der Waals surface area contributed by atoms with Gasteiger partial charge in [-0.3, -0.25) is 0 Å². The van der Waals surface area contributed by atoms with E-state index in [2.05, 4.69) is 56.1 Å². The molecule has 0 amide bonds. The zero-order valence-electron chi connectivity index (χ0n) is 16.0. The zero-order valence-corrected chi connectivity index (χ0v) is 16.0. The van der Waals surface area contributed by atoms with Crippen LogP contribution in [0.2, 0.25) is 0 Å². The maximum absolute atomic E-state index is 3.61. The van der Waals surface area contributed by atoms with Crippen molar-refractivity contribution in [3.05, 3.63) is 23.8 Å². The molecule has 0 aliphatic heterocycles. The molecule has 0 atom stereocenters. The lowest BCUT2D eigenvalue weighted by Crippen LogP contribution is -2.21. The Morgan fingerprint density at radius 1 is 0.826 bits per heavy atom. The number of nitrogens with zero attached hydrogens (tertiary/aromatic N) is 1. The first-order valence-corrected chi connectivity index (χ1v) is 9.82. The van der Waals surface area contributed by atoms with Crippen molar-refractivity contribution < 1.29 is 0 Å². The van der Waals surface area contributed by atoms with Crippen LogP contribution in [0.15, 0.2) is 18.2 Å². The number of anilines is 2. The van der Waals surface area contributed by atoms with Crippen molar-refractivity contribution in [1.29, 1.82) is 0 Å². The molecule has 0 saturated heterocycles. The molecule has 1 rings (SSSR count). The van der Waals surface area contributed by atoms with Gasteiger partial charge >= 0.3 is 0 Å². The van der Waals surface area contributed by atoms with Crippen LogP contribution in [0.5, 0.6) is 0 Å². The highest BCUT2D eigenvalue weighted by atomic mass is 15.1. The molecule has 0 radical (unpaired) electrons. The van der Waals surface area contributed by atoms with E-state index in [-0.39, 0.29) is 0 Å². The van der Waals surface area contributed by atoms with Gasteiger partial charge in [0.15, 0.2) is 0 Å². The van der Waals surface area contributed by atoms with E-state index in [0.29, 0.717) is 0 Å². The first kappa shape index (κ1) is 19.9. The van der Waals surface area contributed by atoms with Crippen LogP contribution in [0.4, 0.5) is 11.4 Å². The molecular weight excluding hydrogens is 280 g/mol. The third-order valence-corrected chi connectivity index (χ3v) is 4.68. The van der Waals surface area contributed by atoms with E-state index in [4.69, 9.17) is 0 Å². The Morgan fingerprint density at radius 2 is 1.43 bits per heavy atom. The number of hydrogen-bond donors (Lipinski definition) is 1. The molecule has 0 unspecified atom stereocenters. The van der Waals surface area contributed by atoms with Gasteiger partial charge in [-0.15, -0.1) is 0 Å². The maximum Gasteiger partial charge on any atom is 0.0371 e. The van der Waals surface area contributed by atoms with E-state index in [1.165, 1.54) is 68.3 Å². The number of hydrogen-bond acceptors (Lipinski definition) is 2. The highest BCUT2D eigenvalue weighted by molar-refractivity contribution is 5.60. The topological polar surface area (TPSA) is 15.3 Å². The van der Waals surface area contributed by atoms with Crippen LogP contribution >= 0.6 is 0 Å². The van der Waals surface area contributed by atoms with Crippen LogP contribution in [-0.2, 0) is 0 Å². The van der Waals surface area contributed by atoms with Gasteiger partial charge in [-0.2, -0.15) is 0 Å². The Morgan fingerprint density at radius 3 is 2.00 bits per heavy atom. The lowest BCUT2D eigenvalue weighted by atomic mass is 10.1. The van der Waals surface area contributed by atoms with Gasteiger partial charge < -0.3 is 10.2 Å². The lowest BCUT2D eigenvalue weighted by Gasteiger charge is -2.22. The average molecular weight is 319 g/mol. The Labute approximate surface area is 144 Å². The van der Waals surface area contributed by atoms with Gasteiger partial charge in [0, 0.05) is 31.0 Å². The highest BCUT2D eigenvalue weighted by Crippen LogP contribution is 2.22. The van der Waals surface area contributed by atoms with Crippen LogP contribution < -0.4 is 10.2 Å². The van der Waals surface area contributed by atoms with Crippen LogP contribution in [0.3, 0.4) is 0 Å². The highest BCUT2D eigenvalue weighted by Gasteiger charge is 2.04. The van der Waals surface area contributed by atoms with Gasteiger partial charge in [0.2, 0.25) is 0 Å². The second kappa shape index (κ2) is 12.3. The third-order valence-electron chi connectivity index (χ3n) is 4.68. The smallest absolute Gasteiger partial charge is 0.0371 e. The summed E-state index contributed by atoms with van der Waals surface area (Å²) in [4.78, 5) is 2.40. The summed E-state index contributed by atoms with van der Waals surface area (Å²) in [5.74, 6) is 0. The molecule has 0 heterocycles. The fraction of sp³-hybridized carbons (Fsp3) is 0.714. The summed E-state index contributed by atoms with van der Waals surface area (Å²) in [6.45, 7) is 12.2. The molecule has 1 aromatic carbocycles. The molecule has 0 bridgehead atoms. The van der Waals surface area contributed by atoms with Gasteiger partial charge in [-0.05, 0) is 51.0 Å². The van der Waals surface area contributed by atoms with Crippen LogP contribution in [0, 0.1) is 6.92 Å². The van der Waals surface area contributed by atoms with Crippen molar-refractivity contribution >= 4 is 11.4 Å². The third kappa shape index (κ3) is 7.76. The molecule has 132 valence electrons. The maximum atomic E-state index is 3.61. The number of benzene rings is 1. The zero-order chi connectivity index (χ0) is 16.9. The Bertz CT molecular complexity index is 410. The fourth-order valence-electron chi connectivity index (χ4n) is 3.11. The summed E-state index contributed by atoms with van der Waals surface area (Å²) in [5, 5.41) is 3.61. The minimum Gasteiger partial charge on any atom is -0.385 e. The quantitative estimate of drug-likeness (QED) is 0.424. The van der Waals surface area contributed by atoms with Crippen molar-refractivity contribution in [2.45, 2.75) is 79.1 Å². The van der Waals surface area contributed by atoms with Gasteiger partial charge in [-0.25, -0.2) is 0 Å². The molecule has 0 fully saturated rings. The second-order valence-corrected chi connectivity index (χ2v) is 6.57. The van der Waals surface area contributed by atoms with Crippen LogP contribution in [0.1, 0.15) is 77.7 Å². The monoisotopic (exact) mass is 318 g/mol. The van der Waals surface area contributed by atoms with Crippen molar-refractivity contribution in [2.75, 3.05) is 29.9 Å². The molecular formula is C21H38N2. The Balaban J connectivity index is 2.22. The summed E-state index contributed by atoms with van der Waals surface area (Å²) in [6, 6.07) is 6.80. The summed E-state index contributed by atoms with van der Waals surface area (Å²) < 4.78 is 0. The van der Waals surface area contributed by atoms with Crippen molar-refractivity contribution in [1.82, 2.24) is 0 Å². The first-order valence-electron chi connectivity index (χ1n) is 9.82. The van der Waals surface area contributed by atoms with E-state index in [9.17, 15) is 0 Å². The van der Waals surface area contributed by atoms with Gasteiger partial charge in [-0.1, -0.05) is 51.9 Å². The number of aryl methyl sites for hydroxylation is 1.